The fourth-order valence-corrected chi connectivity index (χ4v) is 3.37. The summed E-state index contributed by atoms with van der Waals surface area (Å²) in [6.45, 7) is 4.91. The summed E-state index contributed by atoms with van der Waals surface area (Å²) in [6, 6.07) is 3.51. The van der Waals surface area contributed by atoms with E-state index >= 15 is 0 Å². The van der Waals surface area contributed by atoms with Gasteiger partial charge in [-0.25, -0.2) is 9.97 Å². The SMILES string of the molecule is CC(=O)Nc1ccc(C#CC2(NC(=O)c3oc(C)nc3C)CCCCC2)cn1. The minimum absolute atomic E-state index is 0.173. The first-order valence-corrected chi connectivity index (χ1v) is 9.40. The Bertz CT molecular complexity index is 929. The van der Waals surface area contributed by atoms with E-state index in [9.17, 15) is 9.59 Å². The Labute approximate surface area is 164 Å². The van der Waals surface area contributed by atoms with Crippen LogP contribution >= 0.6 is 0 Å². The number of hydrogen-bond acceptors (Lipinski definition) is 5. The molecule has 0 unspecified atom stereocenters. The number of carbonyl (C=O) groups excluding carboxylic acids is 2. The summed E-state index contributed by atoms with van der Waals surface area (Å²) in [5.74, 6) is 7.13. The highest BCUT2D eigenvalue weighted by molar-refractivity contribution is 5.93. The summed E-state index contributed by atoms with van der Waals surface area (Å²) in [4.78, 5) is 32.2. The van der Waals surface area contributed by atoms with Crippen molar-refractivity contribution >= 4 is 17.6 Å². The molecule has 1 aliphatic carbocycles. The highest BCUT2D eigenvalue weighted by atomic mass is 16.4. The molecule has 0 bridgehead atoms. The van der Waals surface area contributed by atoms with Gasteiger partial charge in [0.2, 0.25) is 11.7 Å². The van der Waals surface area contributed by atoms with Crippen LogP contribution in [0.3, 0.4) is 0 Å². The zero-order valence-electron chi connectivity index (χ0n) is 16.4. The topological polar surface area (TPSA) is 97.1 Å². The van der Waals surface area contributed by atoms with E-state index < -0.39 is 5.54 Å². The van der Waals surface area contributed by atoms with Crippen molar-refractivity contribution in [2.75, 3.05) is 5.32 Å². The molecular weight excluding hydrogens is 356 g/mol. The Hall–Kier alpha value is -3.14. The van der Waals surface area contributed by atoms with Crippen LogP contribution in [0.2, 0.25) is 0 Å². The lowest BCUT2D eigenvalue weighted by Crippen LogP contribution is -2.48. The van der Waals surface area contributed by atoms with Crippen molar-refractivity contribution in [2.24, 2.45) is 0 Å². The largest absolute Gasteiger partial charge is 0.436 e. The van der Waals surface area contributed by atoms with Gasteiger partial charge in [-0.2, -0.15) is 0 Å². The molecule has 0 atom stereocenters. The number of oxazole rings is 1. The van der Waals surface area contributed by atoms with Crippen LogP contribution in [0, 0.1) is 25.7 Å². The smallest absolute Gasteiger partial charge is 0.290 e. The average molecular weight is 380 g/mol. The molecule has 146 valence electrons. The Kier molecular flexibility index (Phi) is 5.78. The molecule has 1 saturated carbocycles. The Morgan fingerprint density at radius 1 is 1.18 bits per heavy atom. The molecule has 2 aromatic rings. The molecular formula is C21H24N4O3. The van der Waals surface area contributed by atoms with Gasteiger partial charge in [0, 0.05) is 25.6 Å². The van der Waals surface area contributed by atoms with Crippen molar-refractivity contribution < 1.29 is 14.0 Å². The molecule has 0 aromatic carbocycles. The summed E-state index contributed by atoms with van der Waals surface area (Å²) in [5, 5.41) is 5.71. The predicted molar refractivity (Wildman–Crippen MR) is 105 cm³/mol. The third-order valence-corrected chi connectivity index (χ3v) is 4.68. The van der Waals surface area contributed by atoms with Gasteiger partial charge in [-0.05, 0) is 31.9 Å². The summed E-state index contributed by atoms with van der Waals surface area (Å²) >= 11 is 0. The molecule has 2 N–H and O–H groups in total. The van der Waals surface area contributed by atoms with E-state index in [4.69, 9.17) is 4.42 Å². The number of nitrogens with zero attached hydrogens (tertiary/aromatic N) is 2. The molecule has 2 heterocycles. The number of aryl methyl sites for hydroxylation is 2. The number of rotatable bonds is 3. The molecule has 7 nitrogen and oxygen atoms in total. The fourth-order valence-electron chi connectivity index (χ4n) is 3.37. The highest BCUT2D eigenvalue weighted by Gasteiger charge is 2.33. The number of hydrogen-bond donors (Lipinski definition) is 2. The maximum atomic E-state index is 12.7. The summed E-state index contributed by atoms with van der Waals surface area (Å²) in [7, 11) is 0. The van der Waals surface area contributed by atoms with E-state index in [2.05, 4.69) is 32.4 Å². The van der Waals surface area contributed by atoms with E-state index in [0.717, 1.165) is 37.7 Å². The van der Waals surface area contributed by atoms with Crippen molar-refractivity contribution in [3.8, 4) is 11.8 Å². The van der Waals surface area contributed by atoms with Crippen molar-refractivity contribution in [1.82, 2.24) is 15.3 Å². The quantitative estimate of drug-likeness (QED) is 0.798. The van der Waals surface area contributed by atoms with E-state index in [-0.39, 0.29) is 17.6 Å². The van der Waals surface area contributed by atoms with Crippen molar-refractivity contribution in [3.05, 3.63) is 41.2 Å². The second kappa shape index (κ2) is 8.26. The lowest BCUT2D eigenvalue weighted by atomic mass is 9.82. The van der Waals surface area contributed by atoms with Crippen molar-refractivity contribution in [3.63, 3.8) is 0 Å². The normalized spacial score (nSPS) is 15.2. The van der Waals surface area contributed by atoms with Gasteiger partial charge in [-0.1, -0.05) is 31.1 Å². The van der Waals surface area contributed by atoms with E-state index in [1.807, 2.05) is 0 Å². The van der Waals surface area contributed by atoms with E-state index in [1.165, 1.54) is 6.92 Å². The first-order chi connectivity index (χ1) is 13.4. The Morgan fingerprint density at radius 2 is 1.93 bits per heavy atom. The van der Waals surface area contributed by atoms with Gasteiger partial charge < -0.3 is 15.1 Å². The number of pyridine rings is 1. The monoisotopic (exact) mass is 380 g/mol. The van der Waals surface area contributed by atoms with Crippen molar-refractivity contribution in [1.29, 1.82) is 0 Å². The zero-order valence-corrected chi connectivity index (χ0v) is 16.4. The second-order valence-electron chi connectivity index (χ2n) is 7.11. The highest BCUT2D eigenvalue weighted by Crippen LogP contribution is 2.28. The second-order valence-corrected chi connectivity index (χ2v) is 7.11. The Morgan fingerprint density at radius 3 is 2.50 bits per heavy atom. The minimum Gasteiger partial charge on any atom is -0.436 e. The molecule has 1 fully saturated rings. The lowest BCUT2D eigenvalue weighted by molar-refractivity contribution is -0.114. The third kappa shape index (κ3) is 4.77. The molecule has 3 rings (SSSR count). The summed E-state index contributed by atoms with van der Waals surface area (Å²) < 4.78 is 5.45. The maximum absolute atomic E-state index is 12.7. The van der Waals surface area contributed by atoms with Crippen LogP contribution in [-0.4, -0.2) is 27.3 Å². The van der Waals surface area contributed by atoms with Crippen molar-refractivity contribution in [2.45, 2.75) is 58.4 Å². The van der Waals surface area contributed by atoms with Crippen LogP contribution in [0.4, 0.5) is 5.82 Å². The summed E-state index contributed by atoms with van der Waals surface area (Å²) in [5.41, 5.74) is 0.699. The molecule has 2 amide bonds. The minimum atomic E-state index is -0.598. The third-order valence-electron chi connectivity index (χ3n) is 4.68. The fraction of sp³-hybridized carbons (Fsp3) is 0.429. The number of nitrogens with one attached hydrogen (secondary N) is 2. The summed E-state index contributed by atoms with van der Waals surface area (Å²) in [6.07, 6.45) is 6.32. The Balaban J connectivity index is 1.80. The van der Waals surface area contributed by atoms with Crippen LogP contribution < -0.4 is 10.6 Å². The maximum Gasteiger partial charge on any atom is 0.290 e. The number of aromatic nitrogens is 2. The van der Waals surface area contributed by atoms with Crippen LogP contribution in [-0.2, 0) is 4.79 Å². The van der Waals surface area contributed by atoms with Gasteiger partial charge in [0.05, 0.1) is 5.69 Å². The predicted octanol–water partition coefficient (Wildman–Crippen LogP) is 3.13. The standard InChI is InChI=1S/C21H24N4O3/c1-14-19(28-16(3)23-14)20(27)25-21(10-5-4-6-11-21)12-9-17-7-8-18(22-13-17)24-15(2)26/h7-8,13H,4-6,10-11H2,1-3H3,(H,25,27)(H,22,24,26). The van der Waals surface area contributed by atoms with Gasteiger partial charge in [-0.15, -0.1) is 0 Å². The van der Waals surface area contributed by atoms with Crippen LogP contribution in [0.15, 0.2) is 22.7 Å². The van der Waals surface area contributed by atoms with Gasteiger partial charge >= 0.3 is 0 Å². The molecule has 0 saturated heterocycles. The molecule has 7 heteroatoms. The van der Waals surface area contributed by atoms with Crippen LogP contribution in [0.5, 0.6) is 0 Å². The van der Waals surface area contributed by atoms with Gasteiger partial charge in [0.25, 0.3) is 5.91 Å². The van der Waals surface area contributed by atoms with Crippen LogP contribution in [0.25, 0.3) is 0 Å². The average Bonchev–Trinajstić information content (AvgIpc) is 3.00. The molecule has 1 aliphatic rings. The van der Waals surface area contributed by atoms with Crippen LogP contribution in [0.1, 0.15) is 66.7 Å². The zero-order chi connectivity index (χ0) is 20.1. The van der Waals surface area contributed by atoms with Gasteiger partial charge in [-0.3, -0.25) is 9.59 Å². The first kappa shape index (κ1) is 19.6. The molecule has 0 radical (unpaired) electrons. The van der Waals surface area contributed by atoms with E-state index in [1.54, 1.807) is 32.2 Å². The molecule has 2 aromatic heterocycles. The van der Waals surface area contributed by atoms with Gasteiger partial charge in [0.1, 0.15) is 11.4 Å². The molecule has 28 heavy (non-hydrogen) atoms. The lowest BCUT2D eigenvalue weighted by Gasteiger charge is -2.33. The molecule has 0 aliphatic heterocycles. The number of amides is 2. The molecule has 0 spiro atoms. The number of anilines is 1. The van der Waals surface area contributed by atoms with E-state index in [0.29, 0.717) is 17.4 Å². The first-order valence-electron chi connectivity index (χ1n) is 9.40. The van der Waals surface area contributed by atoms with Gasteiger partial charge in [0.15, 0.2) is 5.89 Å². The number of carbonyl (C=O) groups is 2.